The van der Waals surface area contributed by atoms with Crippen LogP contribution in [0.4, 0.5) is 5.95 Å². The van der Waals surface area contributed by atoms with Gasteiger partial charge in [-0.1, -0.05) is 49.6 Å². The number of benzene rings is 1. The lowest BCUT2D eigenvalue weighted by Crippen LogP contribution is -2.41. The van der Waals surface area contributed by atoms with Crippen molar-refractivity contribution in [2.45, 2.75) is 45.2 Å². The number of anilines is 1. The summed E-state index contributed by atoms with van der Waals surface area (Å²) >= 11 is 6.46. The molecule has 11 nitrogen and oxygen atoms in total. The summed E-state index contributed by atoms with van der Waals surface area (Å²) < 4.78 is 13.5. The van der Waals surface area contributed by atoms with Gasteiger partial charge in [0.1, 0.15) is 11.2 Å². The number of aromatic amines is 1. The van der Waals surface area contributed by atoms with Crippen LogP contribution >= 0.6 is 11.6 Å². The molecule has 4 aromatic heterocycles. The van der Waals surface area contributed by atoms with E-state index in [1.54, 1.807) is 6.20 Å². The summed E-state index contributed by atoms with van der Waals surface area (Å²) in [6, 6.07) is 13.4. The van der Waals surface area contributed by atoms with E-state index in [4.69, 9.17) is 35.7 Å². The monoisotopic (exact) mass is 586 g/mol. The highest BCUT2D eigenvalue weighted by molar-refractivity contribution is 6.30. The third kappa shape index (κ3) is 5.18. The fourth-order valence-electron chi connectivity index (χ4n) is 6.11. The van der Waals surface area contributed by atoms with Crippen molar-refractivity contribution in [1.29, 1.82) is 0 Å². The molecule has 1 saturated heterocycles. The van der Waals surface area contributed by atoms with E-state index in [0.29, 0.717) is 42.0 Å². The fraction of sp³-hybridized carbons (Fsp3) is 0.400. The van der Waals surface area contributed by atoms with Gasteiger partial charge < -0.3 is 18.6 Å². The van der Waals surface area contributed by atoms with Gasteiger partial charge in [0.25, 0.3) is 5.89 Å². The molecule has 7 rings (SSSR count). The molecule has 216 valence electrons. The molecule has 0 bridgehead atoms. The Balaban J connectivity index is 1.45. The molecule has 0 spiro atoms. The summed E-state index contributed by atoms with van der Waals surface area (Å²) in [5.74, 6) is 1.51. The lowest BCUT2D eigenvalue weighted by molar-refractivity contribution is 0.0916. The van der Waals surface area contributed by atoms with Crippen LogP contribution < -0.4 is 10.7 Å². The van der Waals surface area contributed by atoms with Crippen molar-refractivity contribution >= 4 is 28.7 Å². The van der Waals surface area contributed by atoms with Gasteiger partial charge in [0.05, 0.1) is 24.9 Å². The Morgan fingerprint density at radius 1 is 1.07 bits per heavy atom. The largest absolute Gasteiger partial charge is 0.434 e. The van der Waals surface area contributed by atoms with Crippen molar-refractivity contribution < 1.29 is 9.15 Å². The standard InChI is InChI=1S/C30H31ClN8O3/c1-18-8-10-19(11-9-18)16-39-25-24(20-5-4-6-21(31)15-20)33-27(28-36-37-30(40)42-28)34-26(25)35-29(39)38-13-14-41-17-23(38)22-7-2-3-12-32-22/h2-7,12,15,18-19,23H,8-11,13-14,16-17H2,1H3,(H,37,40)/t18?,19?,23-/m0/s1. The quantitative estimate of drug-likeness (QED) is 0.282. The molecule has 1 atom stereocenters. The van der Waals surface area contributed by atoms with Gasteiger partial charge in [-0.3, -0.25) is 4.98 Å². The first-order chi connectivity index (χ1) is 20.5. The summed E-state index contributed by atoms with van der Waals surface area (Å²) in [7, 11) is 0. The molecular weight excluding hydrogens is 556 g/mol. The first kappa shape index (κ1) is 26.8. The maximum absolute atomic E-state index is 11.8. The van der Waals surface area contributed by atoms with Crippen LogP contribution in [0.3, 0.4) is 0 Å². The van der Waals surface area contributed by atoms with Crippen LogP contribution in [-0.2, 0) is 11.3 Å². The highest BCUT2D eigenvalue weighted by Gasteiger charge is 2.33. The second-order valence-electron chi connectivity index (χ2n) is 11.2. The summed E-state index contributed by atoms with van der Waals surface area (Å²) in [6.45, 7) is 4.83. The Kier molecular flexibility index (Phi) is 7.20. The van der Waals surface area contributed by atoms with Crippen LogP contribution in [0.15, 0.2) is 57.9 Å². The van der Waals surface area contributed by atoms with Crippen LogP contribution in [0.5, 0.6) is 0 Å². The number of pyridine rings is 1. The van der Waals surface area contributed by atoms with Crippen LogP contribution in [0, 0.1) is 11.8 Å². The van der Waals surface area contributed by atoms with E-state index in [0.717, 1.165) is 48.0 Å². The number of hydrogen-bond donors (Lipinski definition) is 1. The van der Waals surface area contributed by atoms with Gasteiger partial charge >= 0.3 is 5.76 Å². The molecule has 1 aliphatic heterocycles. The number of aromatic nitrogens is 7. The van der Waals surface area contributed by atoms with Gasteiger partial charge in [0.15, 0.2) is 5.65 Å². The van der Waals surface area contributed by atoms with E-state index in [9.17, 15) is 4.79 Å². The van der Waals surface area contributed by atoms with Gasteiger partial charge in [0, 0.05) is 29.9 Å². The van der Waals surface area contributed by atoms with Gasteiger partial charge in [-0.25, -0.2) is 19.9 Å². The van der Waals surface area contributed by atoms with E-state index >= 15 is 0 Å². The number of imidazole rings is 1. The molecule has 1 saturated carbocycles. The number of halogens is 1. The fourth-order valence-corrected chi connectivity index (χ4v) is 6.30. The predicted molar refractivity (Wildman–Crippen MR) is 158 cm³/mol. The zero-order valence-corrected chi connectivity index (χ0v) is 24.0. The Morgan fingerprint density at radius 3 is 2.71 bits per heavy atom. The van der Waals surface area contributed by atoms with Crippen molar-refractivity contribution in [3.63, 3.8) is 0 Å². The maximum Gasteiger partial charge on any atom is 0.434 e. The van der Waals surface area contributed by atoms with Crippen molar-refractivity contribution in [3.05, 3.63) is 69.9 Å². The van der Waals surface area contributed by atoms with Gasteiger partial charge in [0.2, 0.25) is 11.8 Å². The molecule has 1 aliphatic carbocycles. The number of nitrogens with one attached hydrogen (secondary N) is 1. The Morgan fingerprint density at radius 2 is 1.95 bits per heavy atom. The Bertz CT molecular complexity index is 1760. The van der Waals surface area contributed by atoms with Crippen molar-refractivity contribution in [1.82, 2.24) is 34.7 Å². The second-order valence-corrected chi connectivity index (χ2v) is 11.6. The highest BCUT2D eigenvalue weighted by Crippen LogP contribution is 2.38. The molecule has 0 amide bonds. The minimum atomic E-state index is -0.678. The Hall–Kier alpha value is -4.09. The zero-order valence-electron chi connectivity index (χ0n) is 23.2. The minimum absolute atomic E-state index is 0.000260. The zero-order chi connectivity index (χ0) is 28.6. The molecule has 0 radical (unpaired) electrons. The molecule has 1 N–H and O–H groups in total. The highest BCUT2D eigenvalue weighted by atomic mass is 35.5. The molecule has 12 heteroatoms. The molecule has 1 aromatic carbocycles. The lowest BCUT2D eigenvalue weighted by atomic mass is 9.83. The van der Waals surface area contributed by atoms with E-state index < -0.39 is 5.76 Å². The topological polar surface area (TPSA) is 128 Å². The van der Waals surface area contributed by atoms with Crippen molar-refractivity contribution in [2.24, 2.45) is 11.8 Å². The average Bonchev–Trinajstić information content (AvgIpc) is 3.62. The normalized spacial score (nSPS) is 21.2. The third-order valence-corrected chi connectivity index (χ3v) is 8.54. The summed E-state index contributed by atoms with van der Waals surface area (Å²) in [6.07, 6.45) is 6.52. The van der Waals surface area contributed by atoms with E-state index in [-0.39, 0.29) is 17.8 Å². The summed E-state index contributed by atoms with van der Waals surface area (Å²) in [5.41, 5.74) is 3.67. The van der Waals surface area contributed by atoms with Gasteiger partial charge in [-0.2, -0.15) is 4.98 Å². The van der Waals surface area contributed by atoms with Crippen molar-refractivity contribution in [3.8, 4) is 23.0 Å². The molecule has 2 aliphatic rings. The van der Waals surface area contributed by atoms with E-state index in [2.05, 4.69) is 31.6 Å². The molecule has 5 heterocycles. The van der Waals surface area contributed by atoms with Gasteiger partial charge in [-0.05, 0) is 48.9 Å². The van der Waals surface area contributed by atoms with Crippen LogP contribution in [0.1, 0.15) is 44.3 Å². The molecule has 42 heavy (non-hydrogen) atoms. The number of morpholine rings is 1. The number of rotatable bonds is 6. The summed E-state index contributed by atoms with van der Waals surface area (Å²) in [5, 5.41) is 6.88. The number of ether oxygens (including phenoxy) is 1. The van der Waals surface area contributed by atoms with Gasteiger partial charge in [-0.15, -0.1) is 5.10 Å². The second kappa shape index (κ2) is 11.3. The van der Waals surface area contributed by atoms with Crippen LogP contribution in [0.25, 0.3) is 34.1 Å². The first-order valence-electron chi connectivity index (χ1n) is 14.4. The van der Waals surface area contributed by atoms with Crippen LogP contribution in [0.2, 0.25) is 5.02 Å². The average molecular weight is 587 g/mol. The molecule has 5 aromatic rings. The van der Waals surface area contributed by atoms with Crippen LogP contribution in [-0.4, -0.2) is 54.5 Å². The maximum atomic E-state index is 11.8. The number of H-pyrrole nitrogens is 1. The molecule has 0 unspecified atom stereocenters. The van der Waals surface area contributed by atoms with E-state index in [1.165, 1.54) is 12.8 Å². The first-order valence-corrected chi connectivity index (χ1v) is 14.8. The van der Waals surface area contributed by atoms with Crippen molar-refractivity contribution in [2.75, 3.05) is 24.7 Å². The smallest absolute Gasteiger partial charge is 0.384 e. The molecular formula is C30H31ClN8O3. The number of hydrogen-bond acceptors (Lipinski definition) is 9. The number of fused-ring (bicyclic) bond motifs is 1. The summed E-state index contributed by atoms with van der Waals surface area (Å²) in [4.78, 5) is 33.6. The SMILES string of the molecule is CC1CCC(Cn2c(N3CCOC[C@H]3c3ccccn3)nc3nc(-c4n[nH]c(=O)o4)nc(-c4cccc(Cl)c4)c32)CC1. The lowest BCUT2D eigenvalue weighted by Gasteiger charge is -2.37. The predicted octanol–water partition coefficient (Wildman–Crippen LogP) is 5.29. The minimum Gasteiger partial charge on any atom is -0.384 e. The Labute approximate surface area is 246 Å². The number of nitrogens with zero attached hydrogens (tertiary/aromatic N) is 7. The molecule has 2 fully saturated rings. The third-order valence-electron chi connectivity index (χ3n) is 8.30. The van der Waals surface area contributed by atoms with E-state index in [1.807, 2.05) is 42.5 Å².